The zero-order chi connectivity index (χ0) is 17.7. The smallest absolute Gasteiger partial charge is 0.248 e. The molecule has 6 heteroatoms. The van der Waals surface area contributed by atoms with Gasteiger partial charge >= 0.3 is 0 Å². The van der Waals surface area contributed by atoms with Crippen molar-refractivity contribution in [2.45, 2.75) is 13.8 Å². The largest absolute Gasteiger partial charge is 0.326 e. The predicted molar refractivity (Wildman–Crippen MR) is 99.6 cm³/mol. The van der Waals surface area contributed by atoms with E-state index in [-0.39, 0.29) is 11.8 Å². The molecule has 0 atom stereocenters. The summed E-state index contributed by atoms with van der Waals surface area (Å²) in [4.78, 5) is 23.3. The minimum absolute atomic E-state index is 0.169. The fraction of sp³-hybridized carbons (Fsp3) is 0.111. The molecule has 0 aromatic heterocycles. The quantitative estimate of drug-likeness (QED) is 0.758. The van der Waals surface area contributed by atoms with Crippen LogP contribution < -0.4 is 10.6 Å². The first-order valence-corrected chi connectivity index (χ1v) is 7.93. The molecule has 0 aliphatic heterocycles. The van der Waals surface area contributed by atoms with E-state index in [1.54, 1.807) is 42.5 Å². The third kappa shape index (κ3) is 4.85. The van der Waals surface area contributed by atoms with Crippen LogP contribution in [0.1, 0.15) is 18.1 Å². The highest BCUT2D eigenvalue weighted by Gasteiger charge is 2.07. The summed E-state index contributed by atoms with van der Waals surface area (Å²) in [5.74, 6) is -0.480. The van der Waals surface area contributed by atoms with Gasteiger partial charge in [-0.1, -0.05) is 29.3 Å². The molecule has 0 radical (unpaired) electrons. The molecule has 0 unspecified atom stereocenters. The molecule has 0 spiro atoms. The van der Waals surface area contributed by atoms with Gasteiger partial charge in [-0.25, -0.2) is 0 Å². The highest BCUT2D eigenvalue weighted by molar-refractivity contribution is 6.34. The number of carbonyl (C=O) groups excluding carboxylic acids is 2. The van der Waals surface area contributed by atoms with E-state index >= 15 is 0 Å². The number of benzene rings is 2. The monoisotopic (exact) mass is 362 g/mol. The predicted octanol–water partition coefficient (Wildman–Crippen LogP) is 4.91. The van der Waals surface area contributed by atoms with Crippen LogP contribution in [0.4, 0.5) is 11.4 Å². The second-order valence-corrected chi connectivity index (χ2v) is 5.99. The van der Waals surface area contributed by atoms with Crippen LogP contribution in [0.25, 0.3) is 6.08 Å². The molecular formula is C18H16Cl2N2O2. The topological polar surface area (TPSA) is 58.2 Å². The molecule has 2 aromatic rings. The maximum Gasteiger partial charge on any atom is 0.248 e. The first-order chi connectivity index (χ1) is 11.4. The van der Waals surface area contributed by atoms with Crippen LogP contribution in [0, 0.1) is 6.92 Å². The van der Waals surface area contributed by atoms with E-state index in [0.717, 1.165) is 5.56 Å². The van der Waals surface area contributed by atoms with E-state index in [4.69, 9.17) is 23.2 Å². The minimum atomic E-state index is -0.311. The van der Waals surface area contributed by atoms with Crippen LogP contribution in [0.3, 0.4) is 0 Å². The number of nitrogens with one attached hydrogen (secondary N) is 2. The summed E-state index contributed by atoms with van der Waals surface area (Å²) in [6.45, 7) is 3.25. The van der Waals surface area contributed by atoms with Gasteiger partial charge in [0.1, 0.15) is 0 Å². The Labute approximate surface area is 150 Å². The molecule has 0 aliphatic rings. The molecule has 2 amide bonds. The summed E-state index contributed by atoms with van der Waals surface area (Å²) in [5.41, 5.74) is 2.70. The van der Waals surface area contributed by atoms with Gasteiger partial charge in [0.2, 0.25) is 11.8 Å². The minimum Gasteiger partial charge on any atom is -0.326 e. The van der Waals surface area contributed by atoms with Gasteiger partial charge < -0.3 is 10.6 Å². The summed E-state index contributed by atoms with van der Waals surface area (Å²) in [6, 6.07) is 10.3. The average molecular weight is 363 g/mol. The molecule has 0 bridgehead atoms. The first-order valence-electron chi connectivity index (χ1n) is 7.18. The van der Waals surface area contributed by atoms with Crippen molar-refractivity contribution >= 4 is 52.5 Å². The fourth-order valence-electron chi connectivity index (χ4n) is 2.08. The first kappa shape index (κ1) is 18.0. The number of anilines is 2. The Morgan fingerprint density at radius 3 is 2.38 bits per heavy atom. The van der Waals surface area contributed by atoms with Crippen molar-refractivity contribution in [2.75, 3.05) is 10.6 Å². The molecule has 0 saturated heterocycles. The molecule has 0 fully saturated rings. The molecule has 24 heavy (non-hydrogen) atoms. The average Bonchev–Trinajstić information content (AvgIpc) is 2.52. The highest BCUT2D eigenvalue weighted by Crippen LogP contribution is 2.24. The molecule has 4 nitrogen and oxygen atoms in total. The maximum absolute atomic E-state index is 12.1. The van der Waals surface area contributed by atoms with E-state index in [9.17, 15) is 9.59 Å². The number of rotatable bonds is 4. The van der Waals surface area contributed by atoms with Crippen molar-refractivity contribution in [1.29, 1.82) is 0 Å². The highest BCUT2D eigenvalue weighted by atomic mass is 35.5. The molecule has 0 aliphatic carbocycles. The van der Waals surface area contributed by atoms with Crippen molar-refractivity contribution in [1.82, 2.24) is 0 Å². The van der Waals surface area contributed by atoms with Gasteiger partial charge in [-0.05, 0) is 54.5 Å². The molecular weight excluding hydrogens is 347 g/mol. The van der Waals surface area contributed by atoms with Gasteiger partial charge in [-0.2, -0.15) is 0 Å². The van der Waals surface area contributed by atoms with Crippen LogP contribution in [-0.4, -0.2) is 11.8 Å². The fourth-order valence-corrected chi connectivity index (χ4v) is 2.44. The molecule has 0 saturated carbocycles. The Morgan fingerprint density at radius 2 is 1.71 bits per heavy atom. The number of hydrogen-bond acceptors (Lipinski definition) is 2. The van der Waals surface area contributed by atoms with Crippen molar-refractivity contribution in [3.05, 3.63) is 63.6 Å². The van der Waals surface area contributed by atoms with E-state index in [1.165, 1.54) is 13.0 Å². The molecule has 2 rings (SSSR count). The summed E-state index contributed by atoms with van der Waals surface area (Å²) in [6.07, 6.45) is 2.97. The normalized spacial score (nSPS) is 10.7. The molecule has 2 N–H and O–H groups in total. The second kappa shape index (κ2) is 7.99. The number of hydrogen-bond donors (Lipinski definition) is 2. The molecule has 2 aromatic carbocycles. The van der Waals surface area contributed by atoms with Crippen LogP contribution >= 0.6 is 23.2 Å². The third-order valence-electron chi connectivity index (χ3n) is 3.27. The summed E-state index contributed by atoms with van der Waals surface area (Å²) in [5, 5.41) is 6.54. The van der Waals surface area contributed by atoms with Crippen LogP contribution in [0.5, 0.6) is 0 Å². The van der Waals surface area contributed by atoms with Crippen LogP contribution in [0.2, 0.25) is 10.0 Å². The lowest BCUT2D eigenvalue weighted by atomic mass is 10.1. The summed E-state index contributed by atoms with van der Waals surface area (Å²) >= 11 is 12.0. The Morgan fingerprint density at radius 1 is 1.04 bits per heavy atom. The van der Waals surface area contributed by atoms with Crippen molar-refractivity contribution in [3.8, 4) is 0 Å². The van der Waals surface area contributed by atoms with Gasteiger partial charge in [0.15, 0.2) is 0 Å². The van der Waals surface area contributed by atoms with Crippen LogP contribution in [0.15, 0.2) is 42.5 Å². The van der Waals surface area contributed by atoms with Crippen molar-refractivity contribution < 1.29 is 9.59 Å². The van der Waals surface area contributed by atoms with Crippen molar-refractivity contribution in [3.63, 3.8) is 0 Å². The van der Waals surface area contributed by atoms with E-state index < -0.39 is 0 Å². The Kier molecular flexibility index (Phi) is 6.01. The van der Waals surface area contributed by atoms with Gasteiger partial charge in [0, 0.05) is 34.4 Å². The number of amides is 2. The van der Waals surface area contributed by atoms with Gasteiger partial charge in [0.05, 0.1) is 0 Å². The SMILES string of the molecule is CC(=O)Nc1cccc(NC(=O)/C=C/c2cc(Cl)ccc2Cl)c1C. The lowest BCUT2D eigenvalue weighted by molar-refractivity contribution is -0.114. The number of carbonyl (C=O) groups is 2. The summed E-state index contributed by atoms with van der Waals surface area (Å²) in [7, 11) is 0. The summed E-state index contributed by atoms with van der Waals surface area (Å²) < 4.78 is 0. The second-order valence-electron chi connectivity index (χ2n) is 5.15. The van der Waals surface area contributed by atoms with Gasteiger partial charge in [-0.3, -0.25) is 9.59 Å². The number of halogens is 2. The maximum atomic E-state index is 12.1. The Hall–Kier alpha value is -2.30. The van der Waals surface area contributed by atoms with Gasteiger partial charge in [0.25, 0.3) is 0 Å². The Bertz CT molecular complexity index is 817. The molecule has 0 heterocycles. The standard InChI is InChI=1S/C18H16Cl2N2O2/c1-11-16(21-12(2)23)4-3-5-17(11)22-18(24)9-6-13-10-14(19)7-8-15(13)20/h3-10H,1-2H3,(H,21,23)(H,22,24)/b9-6+. The Balaban J connectivity index is 2.14. The van der Waals surface area contributed by atoms with Crippen molar-refractivity contribution in [2.24, 2.45) is 0 Å². The third-order valence-corrected chi connectivity index (χ3v) is 3.85. The lowest BCUT2D eigenvalue weighted by Crippen LogP contribution is -2.12. The van der Waals surface area contributed by atoms with Gasteiger partial charge in [-0.15, -0.1) is 0 Å². The lowest BCUT2D eigenvalue weighted by Gasteiger charge is -2.11. The molecule has 124 valence electrons. The van der Waals surface area contributed by atoms with E-state index in [2.05, 4.69) is 10.6 Å². The van der Waals surface area contributed by atoms with Crippen LogP contribution in [-0.2, 0) is 9.59 Å². The zero-order valence-corrected chi connectivity index (χ0v) is 14.7. The van der Waals surface area contributed by atoms with E-state index in [1.807, 2.05) is 6.92 Å². The zero-order valence-electron chi connectivity index (χ0n) is 13.2. The van der Waals surface area contributed by atoms with E-state index in [0.29, 0.717) is 27.0 Å².